The molecule has 4 N–H and O–H groups in total. The van der Waals surface area contributed by atoms with Crippen molar-refractivity contribution in [1.29, 1.82) is 0 Å². The molecule has 1 aliphatic carbocycles. The zero-order chi connectivity index (χ0) is 41.1. The van der Waals surface area contributed by atoms with E-state index in [1.807, 2.05) is 87.3 Å². The van der Waals surface area contributed by atoms with Gasteiger partial charge in [0.05, 0.1) is 50.1 Å². The summed E-state index contributed by atoms with van der Waals surface area (Å²) in [6, 6.07) is 14.3. The molecule has 14 heteroatoms. The molecule has 2 aliphatic heterocycles. The Labute approximate surface area is 338 Å². The van der Waals surface area contributed by atoms with E-state index in [2.05, 4.69) is 37.4 Å². The van der Waals surface area contributed by atoms with Crippen molar-refractivity contribution in [3.05, 3.63) is 83.7 Å². The van der Waals surface area contributed by atoms with E-state index in [0.29, 0.717) is 18.3 Å². The number of piperidine rings is 1. The van der Waals surface area contributed by atoms with Gasteiger partial charge in [0.25, 0.3) is 0 Å². The van der Waals surface area contributed by atoms with Crippen LogP contribution in [0.1, 0.15) is 94.7 Å². The minimum Gasteiger partial charge on any atom is -0.453 e. The van der Waals surface area contributed by atoms with Gasteiger partial charge in [0.2, 0.25) is 11.8 Å². The van der Waals surface area contributed by atoms with Crippen LogP contribution in [0.15, 0.2) is 60.9 Å². The molecular weight excluding hydrogens is 737 g/mol. The number of carbonyl (C=O) groups excluding carboxylic acids is 4. The first-order chi connectivity index (χ1) is 27.9. The maximum atomic E-state index is 13.9. The Morgan fingerprint density at radius 3 is 1.78 bits per heavy atom. The average molecular weight is 789 g/mol. The molecule has 7 rings (SSSR count). The summed E-state index contributed by atoms with van der Waals surface area (Å²) >= 11 is 0. The molecule has 2 bridgehead atoms. The topological polar surface area (TPSA) is 175 Å². The molecule has 0 spiro atoms. The van der Waals surface area contributed by atoms with Crippen LogP contribution in [0, 0.1) is 29.6 Å². The number of hydrogen-bond donors (Lipinski definition) is 4. The van der Waals surface area contributed by atoms with Gasteiger partial charge in [-0.15, -0.1) is 0 Å². The molecule has 1 unspecified atom stereocenters. The molecule has 4 amide bonds. The Kier molecular flexibility index (Phi) is 11.9. The van der Waals surface area contributed by atoms with Crippen LogP contribution < -0.4 is 10.6 Å². The summed E-state index contributed by atoms with van der Waals surface area (Å²) in [5.41, 5.74) is 5.34. The van der Waals surface area contributed by atoms with Crippen LogP contribution in [0.2, 0.25) is 0 Å². The number of rotatable bonds is 10. The Bertz CT molecular complexity index is 2180. The molecule has 14 nitrogen and oxygen atoms in total. The smallest absolute Gasteiger partial charge is 0.407 e. The van der Waals surface area contributed by atoms with Gasteiger partial charge in [-0.3, -0.25) is 9.59 Å². The molecule has 58 heavy (non-hydrogen) atoms. The highest BCUT2D eigenvalue weighted by Crippen LogP contribution is 2.50. The molecule has 4 aromatic rings. The molecule has 4 heterocycles. The summed E-state index contributed by atoms with van der Waals surface area (Å²) in [5.74, 6) is 7.85. The van der Waals surface area contributed by atoms with Crippen molar-refractivity contribution in [3.8, 4) is 34.4 Å². The van der Waals surface area contributed by atoms with Crippen LogP contribution in [0.25, 0.3) is 22.5 Å². The average Bonchev–Trinajstić information content (AvgIpc) is 4.09. The van der Waals surface area contributed by atoms with Gasteiger partial charge in [-0.25, -0.2) is 19.6 Å². The second kappa shape index (κ2) is 17.2. The number of H-pyrrole nitrogens is 2. The van der Waals surface area contributed by atoms with E-state index in [0.717, 1.165) is 71.6 Å². The third-order valence-corrected chi connectivity index (χ3v) is 11.7. The van der Waals surface area contributed by atoms with Gasteiger partial charge in [-0.1, -0.05) is 63.8 Å². The predicted molar refractivity (Wildman–Crippen MR) is 217 cm³/mol. The molecule has 304 valence electrons. The number of nitrogens with zero attached hydrogens (tertiary/aromatic N) is 4. The van der Waals surface area contributed by atoms with E-state index >= 15 is 0 Å². The number of hydrogen-bond acceptors (Lipinski definition) is 8. The van der Waals surface area contributed by atoms with E-state index < -0.39 is 24.3 Å². The first-order valence-corrected chi connectivity index (χ1v) is 20.1. The zero-order valence-electron chi connectivity index (χ0n) is 33.9. The molecular formula is C44H52N8O6. The van der Waals surface area contributed by atoms with Crippen LogP contribution >= 0.6 is 0 Å². The lowest BCUT2D eigenvalue weighted by molar-refractivity contribution is -0.139. The van der Waals surface area contributed by atoms with Gasteiger partial charge in [-0.2, -0.15) is 0 Å². The van der Waals surface area contributed by atoms with Gasteiger partial charge in [0.15, 0.2) is 0 Å². The van der Waals surface area contributed by atoms with Crippen molar-refractivity contribution in [1.82, 2.24) is 40.4 Å². The second-order valence-electron chi connectivity index (χ2n) is 16.1. The normalized spacial score (nSPS) is 20.8. The fourth-order valence-corrected chi connectivity index (χ4v) is 8.61. The van der Waals surface area contributed by atoms with Crippen molar-refractivity contribution in [2.45, 2.75) is 90.0 Å². The number of methoxy groups -OCH3 is 2. The summed E-state index contributed by atoms with van der Waals surface area (Å²) in [6.45, 7) is 8.23. The number of aromatic nitrogens is 4. The highest BCUT2D eigenvalue weighted by Gasteiger charge is 2.51. The number of nitrogens with one attached hydrogen (secondary N) is 4. The minimum absolute atomic E-state index is 0.0996. The van der Waals surface area contributed by atoms with Crippen LogP contribution in [0.4, 0.5) is 9.59 Å². The van der Waals surface area contributed by atoms with Gasteiger partial charge >= 0.3 is 12.2 Å². The maximum Gasteiger partial charge on any atom is 0.407 e. The molecule has 3 aliphatic rings. The number of alkyl carbamates (subject to hydrolysis) is 2. The van der Waals surface area contributed by atoms with E-state index in [-0.39, 0.29) is 41.8 Å². The lowest BCUT2D eigenvalue weighted by Gasteiger charge is -2.37. The lowest BCUT2D eigenvalue weighted by atomic mass is 9.95. The monoisotopic (exact) mass is 788 g/mol. The highest BCUT2D eigenvalue weighted by molar-refractivity contribution is 5.87. The van der Waals surface area contributed by atoms with Crippen molar-refractivity contribution >= 4 is 24.0 Å². The fraction of sp³-hybridized carbons (Fsp3) is 0.455. The van der Waals surface area contributed by atoms with Crippen molar-refractivity contribution in [2.75, 3.05) is 20.8 Å². The number of amides is 4. The van der Waals surface area contributed by atoms with Crippen LogP contribution in [-0.4, -0.2) is 92.6 Å². The molecule has 3 fully saturated rings. The maximum absolute atomic E-state index is 13.9. The van der Waals surface area contributed by atoms with Gasteiger partial charge in [-0.05, 0) is 85.3 Å². The van der Waals surface area contributed by atoms with Gasteiger partial charge in [0.1, 0.15) is 23.7 Å². The van der Waals surface area contributed by atoms with E-state index in [4.69, 9.17) is 14.5 Å². The number of likely N-dealkylation sites (tertiary alicyclic amines) is 2. The Morgan fingerprint density at radius 1 is 0.724 bits per heavy atom. The summed E-state index contributed by atoms with van der Waals surface area (Å²) in [6.07, 6.45) is 6.90. The Morgan fingerprint density at radius 2 is 1.24 bits per heavy atom. The molecule has 2 saturated heterocycles. The van der Waals surface area contributed by atoms with Crippen molar-refractivity contribution in [2.24, 2.45) is 17.8 Å². The quantitative estimate of drug-likeness (QED) is 0.135. The summed E-state index contributed by atoms with van der Waals surface area (Å²) in [5, 5.41) is 5.44. The summed E-state index contributed by atoms with van der Waals surface area (Å²) in [4.78, 5) is 71.5. The third kappa shape index (κ3) is 8.30. The Balaban J connectivity index is 0.990. The number of benzene rings is 2. The largest absolute Gasteiger partial charge is 0.453 e. The number of aromatic amines is 2. The molecule has 2 aromatic heterocycles. The van der Waals surface area contributed by atoms with Crippen molar-refractivity contribution in [3.63, 3.8) is 0 Å². The second-order valence-corrected chi connectivity index (χ2v) is 16.1. The van der Waals surface area contributed by atoms with Gasteiger partial charge in [0, 0.05) is 23.7 Å². The predicted octanol–water partition coefficient (Wildman–Crippen LogP) is 6.34. The zero-order valence-corrected chi connectivity index (χ0v) is 33.9. The SMILES string of the molecule is COC(=O)N[C@H](C(=O)N1CCC[C@H]1c1ncc(-c2ccc(C#Cc3ccc(-c4cnc(C5[C@H]6CC[C@H](C6)N5C(=O)[C@@H](NC(=O)OC)C(C)C)[nH]4)cc3)cc2)[nH]1)C(C)C. The molecule has 6 atom stereocenters. The molecule has 0 radical (unpaired) electrons. The third-order valence-electron chi connectivity index (χ3n) is 11.7. The van der Waals surface area contributed by atoms with Gasteiger partial charge < -0.3 is 39.9 Å². The van der Waals surface area contributed by atoms with E-state index in [9.17, 15) is 19.2 Å². The van der Waals surface area contributed by atoms with Crippen molar-refractivity contribution < 1.29 is 28.7 Å². The molecule has 2 aromatic carbocycles. The number of carbonyl (C=O) groups is 4. The van der Waals surface area contributed by atoms with Crippen LogP contribution in [0.5, 0.6) is 0 Å². The lowest BCUT2D eigenvalue weighted by Crippen LogP contribution is -2.54. The standard InChI is InChI=1S/C44H52N8O6/c1-25(2)36(49-43(55)57-5)41(53)51-21-7-8-35(51)39-45-23-33(47-39)29-15-11-27(12-16-29)9-10-28-13-17-30(18-14-28)34-24-46-40(48-34)38-31-19-20-32(22-31)52(38)42(54)37(26(3)4)50-44(56)58-6/h11-18,23-26,31-32,35-38H,7-8,19-22H2,1-6H3,(H,45,47)(H,46,48)(H,49,55)(H,50,56)/t31-,32+,35-,36-,37-,38?/m0/s1. The summed E-state index contributed by atoms with van der Waals surface area (Å²) in [7, 11) is 2.59. The van der Waals surface area contributed by atoms with E-state index in [1.165, 1.54) is 14.2 Å². The fourth-order valence-electron chi connectivity index (χ4n) is 8.61. The number of imidazole rings is 2. The van der Waals surface area contributed by atoms with Crippen LogP contribution in [0.3, 0.4) is 0 Å². The summed E-state index contributed by atoms with van der Waals surface area (Å²) < 4.78 is 9.56. The van der Waals surface area contributed by atoms with Crippen LogP contribution in [-0.2, 0) is 19.1 Å². The first kappa shape index (κ1) is 40.1. The first-order valence-electron chi connectivity index (χ1n) is 20.1. The van der Waals surface area contributed by atoms with E-state index in [1.54, 1.807) is 11.1 Å². The number of ether oxygens (including phenoxy) is 2. The highest BCUT2D eigenvalue weighted by atomic mass is 16.5. The molecule has 1 saturated carbocycles. The minimum atomic E-state index is -0.690. The Hall–Kier alpha value is -6.10. The number of fused-ring (bicyclic) bond motifs is 2.